The highest BCUT2D eigenvalue weighted by Crippen LogP contribution is 2.32. The van der Waals surface area contributed by atoms with Crippen molar-refractivity contribution in [1.29, 1.82) is 0 Å². The predicted molar refractivity (Wildman–Crippen MR) is 89.4 cm³/mol. The van der Waals surface area contributed by atoms with Gasteiger partial charge in [-0.25, -0.2) is 5.48 Å². The molecule has 2 amide bonds. The molecule has 0 aliphatic heterocycles. The van der Waals surface area contributed by atoms with Crippen LogP contribution in [0.25, 0.3) is 6.08 Å². The quantitative estimate of drug-likeness (QED) is 0.190. The molecule has 0 heterocycles. The Morgan fingerprint density at radius 1 is 0.920 bits per heavy atom. The van der Waals surface area contributed by atoms with Crippen molar-refractivity contribution in [1.82, 2.24) is 16.3 Å². The number of hydroxylamine groups is 1. The third kappa shape index (κ3) is 7.93. The Bertz CT molecular complexity index is 595. The number of phenolic OH excluding ortho intramolecular Hbond substituents is 3. The second-order valence-electron chi connectivity index (χ2n) is 5.37. The molecule has 0 unspecified atom stereocenters. The van der Waals surface area contributed by atoms with E-state index in [-0.39, 0.29) is 35.1 Å². The average Bonchev–Trinajstić information content (AvgIpc) is 2.56. The van der Waals surface area contributed by atoms with Gasteiger partial charge in [0.2, 0.25) is 11.8 Å². The van der Waals surface area contributed by atoms with Gasteiger partial charge in [0.15, 0.2) is 0 Å². The number of carbonyl (C=O) groups excluding carboxylic acids is 2. The zero-order valence-corrected chi connectivity index (χ0v) is 13.7. The van der Waals surface area contributed by atoms with Crippen LogP contribution in [0.15, 0.2) is 18.3 Å². The zero-order chi connectivity index (χ0) is 18.7. The third-order valence-corrected chi connectivity index (χ3v) is 3.35. The summed E-state index contributed by atoms with van der Waals surface area (Å²) in [7, 11) is 0. The normalized spacial score (nSPS) is 10.6. The van der Waals surface area contributed by atoms with Crippen molar-refractivity contribution >= 4 is 17.9 Å². The molecular formula is C16H23N3O6. The molecule has 0 fully saturated rings. The van der Waals surface area contributed by atoms with E-state index in [4.69, 9.17) is 5.21 Å². The molecule has 0 aliphatic carbocycles. The molecule has 25 heavy (non-hydrogen) atoms. The van der Waals surface area contributed by atoms with Crippen molar-refractivity contribution in [2.45, 2.75) is 38.5 Å². The Hall–Kier alpha value is -2.94. The summed E-state index contributed by atoms with van der Waals surface area (Å²) in [6, 6.07) is 2.17. The molecule has 138 valence electrons. The molecule has 0 atom stereocenters. The highest BCUT2D eigenvalue weighted by Gasteiger charge is 2.06. The Labute approximate surface area is 144 Å². The van der Waals surface area contributed by atoms with E-state index in [1.54, 1.807) is 5.48 Å². The fourth-order valence-electron chi connectivity index (χ4n) is 2.07. The fourth-order valence-corrected chi connectivity index (χ4v) is 2.07. The molecule has 9 nitrogen and oxygen atoms in total. The van der Waals surface area contributed by atoms with E-state index in [0.29, 0.717) is 19.3 Å². The number of rotatable bonds is 10. The third-order valence-electron chi connectivity index (χ3n) is 3.35. The van der Waals surface area contributed by atoms with Gasteiger partial charge in [0, 0.05) is 31.2 Å². The number of aromatic hydroxyl groups is 3. The summed E-state index contributed by atoms with van der Waals surface area (Å²) in [5, 5.41) is 36.7. The molecule has 7 N–H and O–H groups in total. The summed E-state index contributed by atoms with van der Waals surface area (Å²) < 4.78 is 0. The Morgan fingerprint density at radius 3 is 2.04 bits per heavy atom. The lowest BCUT2D eigenvalue weighted by Crippen LogP contribution is -2.33. The van der Waals surface area contributed by atoms with Gasteiger partial charge in [0.05, 0.1) is 5.56 Å². The Morgan fingerprint density at radius 2 is 1.48 bits per heavy atom. The maximum atomic E-state index is 11.6. The van der Waals surface area contributed by atoms with Crippen molar-refractivity contribution < 1.29 is 30.1 Å². The van der Waals surface area contributed by atoms with Gasteiger partial charge in [0.1, 0.15) is 17.2 Å². The summed E-state index contributed by atoms with van der Waals surface area (Å²) in [4.78, 5) is 22.4. The van der Waals surface area contributed by atoms with Gasteiger partial charge in [-0.05, 0) is 18.9 Å². The van der Waals surface area contributed by atoms with Crippen molar-refractivity contribution in [2.75, 3.05) is 0 Å². The SMILES string of the molecule is O=C(CCCCCCC(=O)NN/C=C/c1c(O)cc(O)cc1O)NO. The minimum absolute atomic E-state index is 0.103. The molecule has 0 radical (unpaired) electrons. The van der Waals surface area contributed by atoms with Crippen molar-refractivity contribution in [3.63, 3.8) is 0 Å². The molecule has 9 heteroatoms. The number of hydrogen-bond acceptors (Lipinski definition) is 7. The molecular weight excluding hydrogens is 330 g/mol. The second kappa shape index (κ2) is 10.8. The van der Waals surface area contributed by atoms with Gasteiger partial charge >= 0.3 is 0 Å². The van der Waals surface area contributed by atoms with Gasteiger partial charge in [0.25, 0.3) is 0 Å². The van der Waals surface area contributed by atoms with E-state index in [2.05, 4.69) is 10.9 Å². The van der Waals surface area contributed by atoms with Gasteiger partial charge in [-0.15, -0.1) is 0 Å². The highest BCUT2D eigenvalue weighted by atomic mass is 16.5. The first kappa shape index (κ1) is 20.1. The minimum Gasteiger partial charge on any atom is -0.508 e. The monoisotopic (exact) mass is 353 g/mol. The largest absolute Gasteiger partial charge is 0.508 e. The standard InChI is InChI=1S/C16H23N3O6/c20-11-9-13(21)12(14(22)10-11)7-8-17-18-15(23)5-3-1-2-4-6-16(24)19-25/h7-10,17,20-22,25H,1-6H2,(H,18,23)(H,19,24)/b8-7+. The van der Waals surface area contributed by atoms with Gasteiger partial charge < -0.3 is 20.7 Å². The number of amides is 2. The maximum absolute atomic E-state index is 11.6. The number of nitrogens with one attached hydrogen (secondary N) is 3. The minimum atomic E-state index is -0.417. The zero-order valence-electron chi connectivity index (χ0n) is 13.7. The van der Waals surface area contributed by atoms with E-state index >= 15 is 0 Å². The Kier molecular flexibility index (Phi) is 8.66. The Balaban J connectivity index is 2.19. The van der Waals surface area contributed by atoms with Gasteiger partial charge in [-0.1, -0.05) is 12.8 Å². The highest BCUT2D eigenvalue weighted by molar-refractivity contribution is 5.75. The summed E-state index contributed by atoms with van der Waals surface area (Å²) in [6.45, 7) is 0. The summed E-state index contributed by atoms with van der Waals surface area (Å²) in [6.07, 6.45) is 6.12. The van der Waals surface area contributed by atoms with Crippen molar-refractivity contribution in [3.05, 3.63) is 23.9 Å². The molecule has 1 rings (SSSR count). The molecule has 0 aliphatic rings. The first-order chi connectivity index (χ1) is 11.9. The van der Waals surface area contributed by atoms with Crippen LogP contribution in [0.3, 0.4) is 0 Å². The van der Waals surface area contributed by atoms with Crippen LogP contribution in [0.5, 0.6) is 17.2 Å². The van der Waals surface area contributed by atoms with Crippen LogP contribution in [0.1, 0.15) is 44.1 Å². The van der Waals surface area contributed by atoms with Crippen molar-refractivity contribution in [2.24, 2.45) is 0 Å². The lowest BCUT2D eigenvalue weighted by molar-refractivity contribution is -0.129. The molecule has 0 saturated carbocycles. The molecule has 0 aromatic heterocycles. The second-order valence-corrected chi connectivity index (χ2v) is 5.37. The smallest absolute Gasteiger partial charge is 0.243 e. The van der Waals surface area contributed by atoms with Crippen LogP contribution in [-0.4, -0.2) is 32.3 Å². The summed E-state index contributed by atoms with van der Waals surface area (Å²) in [5.41, 5.74) is 6.63. The average molecular weight is 353 g/mol. The van der Waals surface area contributed by atoms with Crippen LogP contribution in [0.4, 0.5) is 0 Å². The number of hydrogen-bond donors (Lipinski definition) is 7. The van der Waals surface area contributed by atoms with E-state index in [1.165, 1.54) is 12.3 Å². The fraction of sp³-hybridized carbons (Fsp3) is 0.375. The van der Waals surface area contributed by atoms with Gasteiger partial charge in [-0.2, -0.15) is 0 Å². The molecule has 0 spiro atoms. The van der Waals surface area contributed by atoms with Crippen LogP contribution < -0.4 is 16.3 Å². The van der Waals surface area contributed by atoms with E-state index in [1.807, 2.05) is 0 Å². The maximum Gasteiger partial charge on any atom is 0.243 e. The number of hydrazine groups is 1. The molecule has 1 aromatic carbocycles. The van der Waals surface area contributed by atoms with Crippen LogP contribution in [-0.2, 0) is 9.59 Å². The molecule has 0 saturated heterocycles. The van der Waals surface area contributed by atoms with Gasteiger partial charge in [-0.3, -0.25) is 20.2 Å². The lowest BCUT2D eigenvalue weighted by atomic mass is 10.1. The van der Waals surface area contributed by atoms with E-state index < -0.39 is 5.91 Å². The topological polar surface area (TPSA) is 151 Å². The number of phenols is 3. The number of unbranched alkanes of at least 4 members (excludes halogenated alkanes) is 3. The van der Waals surface area contributed by atoms with Crippen molar-refractivity contribution in [3.8, 4) is 17.2 Å². The first-order valence-electron chi connectivity index (χ1n) is 7.83. The summed E-state index contributed by atoms with van der Waals surface area (Å²) >= 11 is 0. The number of benzene rings is 1. The first-order valence-corrected chi connectivity index (χ1v) is 7.83. The van der Waals surface area contributed by atoms with E-state index in [0.717, 1.165) is 25.0 Å². The summed E-state index contributed by atoms with van der Waals surface area (Å²) in [5.74, 6) is -1.49. The predicted octanol–water partition coefficient (Wildman–Crippen LogP) is 1.24. The van der Waals surface area contributed by atoms with Crippen LogP contribution in [0, 0.1) is 0 Å². The lowest BCUT2D eigenvalue weighted by Gasteiger charge is -2.06. The molecule has 1 aromatic rings. The van der Waals surface area contributed by atoms with Crippen LogP contribution >= 0.6 is 0 Å². The van der Waals surface area contributed by atoms with E-state index in [9.17, 15) is 24.9 Å². The molecule has 0 bridgehead atoms. The van der Waals surface area contributed by atoms with Crippen LogP contribution in [0.2, 0.25) is 0 Å². The number of carbonyl (C=O) groups is 2.